The standard InChI is InChI=1S/C17H16O4/c1-20-13-5-3-4-12(10-13)6-8-16(18)15-11-14(21-2)7-9-17(15)19/h3-11,19H,1-2H3/b8-6+. The van der Waals surface area contributed by atoms with Gasteiger partial charge < -0.3 is 14.6 Å². The Morgan fingerprint density at radius 2 is 1.76 bits per heavy atom. The number of carbonyl (C=O) groups excluding carboxylic acids is 1. The monoisotopic (exact) mass is 284 g/mol. The predicted octanol–water partition coefficient (Wildman–Crippen LogP) is 3.31. The van der Waals surface area contributed by atoms with Gasteiger partial charge in [-0.25, -0.2) is 0 Å². The second-order valence-electron chi connectivity index (χ2n) is 4.36. The number of hydrogen-bond acceptors (Lipinski definition) is 4. The van der Waals surface area contributed by atoms with Crippen LogP contribution in [0.4, 0.5) is 0 Å². The number of ether oxygens (including phenoxy) is 2. The molecule has 0 aliphatic carbocycles. The van der Waals surface area contributed by atoms with E-state index in [1.165, 1.54) is 25.3 Å². The Morgan fingerprint density at radius 3 is 2.48 bits per heavy atom. The Bertz CT molecular complexity index is 674. The fourth-order valence-electron chi connectivity index (χ4n) is 1.85. The minimum atomic E-state index is -0.297. The van der Waals surface area contributed by atoms with E-state index in [9.17, 15) is 9.90 Å². The van der Waals surface area contributed by atoms with Gasteiger partial charge in [-0.2, -0.15) is 0 Å². The summed E-state index contributed by atoms with van der Waals surface area (Å²) in [5.41, 5.74) is 1.04. The minimum absolute atomic E-state index is 0.0731. The van der Waals surface area contributed by atoms with Crippen LogP contribution < -0.4 is 9.47 Å². The molecule has 0 bridgehead atoms. The first kappa shape index (κ1) is 14.7. The third-order valence-electron chi connectivity index (χ3n) is 2.99. The molecule has 0 saturated heterocycles. The number of allylic oxidation sites excluding steroid dienone is 1. The molecule has 0 radical (unpaired) electrons. The van der Waals surface area contributed by atoms with E-state index in [0.29, 0.717) is 11.5 Å². The minimum Gasteiger partial charge on any atom is -0.507 e. The Hall–Kier alpha value is -2.75. The lowest BCUT2D eigenvalue weighted by Crippen LogP contribution is -1.96. The average molecular weight is 284 g/mol. The van der Waals surface area contributed by atoms with Crippen LogP contribution in [0.2, 0.25) is 0 Å². The van der Waals surface area contributed by atoms with Crippen molar-refractivity contribution in [3.63, 3.8) is 0 Å². The van der Waals surface area contributed by atoms with Gasteiger partial charge in [-0.15, -0.1) is 0 Å². The van der Waals surface area contributed by atoms with Crippen molar-refractivity contribution in [2.24, 2.45) is 0 Å². The van der Waals surface area contributed by atoms with Crippen molar-refractivity contribution in [1.82, 2.24) is 0 Å². The van der Waals surface area contributed by atoms with Gasteiger partial charge in [0.05, 0.1) is 19.8 Å². The maximum absolute atomic E-state index is 12.1. The molecule has 0 unspecified atom stereocenters. The number of rotatable bonds is 5. The number of phenols is 1. The summed E-state index contributed by atoms with van der Waals surface area (Å²) in [4.78, 5) is 12.1. The molecular weight excluding hydrogens is 268 g/mol. The predicted molar refractivity (Wildman–Crippen MR) is 81.0 cm³/mol. The molecule has 1 N–H and O–H groups in total. The lowest BCUT2D eigenvalue weighted by Gasteiger charge is -2.04. The lowest BCUT2D eigenvalue weighted by molar-refractivity contribution is 0.104. The Morgan fingerprint density at radius 1 is 1.05 bits per heavy atom. The third-order valence-corrected chi connectivity index (χ3v) is 2.99. The highest BCUT2D eigenvalue weighted by molar-refractivity contribution is 6.08. The van der Waals surface area contributed by atoms with E-state index in [-0.39, 0.29) is 17.1 Å². The van der Waals surface area contributed by atoms with Gasteiger partial charge in [0.1, 0.15) is 17.2 Å². The fourth-order valence-corrected chi connectivity index (χ4v) is 1.85. The molecule has 0 aliphatic heterocycles. The molecule has 2 aromatic carbocycles. The molecule has 0 aromatic heterocycles. The second kappa shape index (κ2) is 6.61. The zero-order valence-corrected chi connectivity index (χ0v) is 11.9. The summed E-state index contributed by atoms with van der Waals surface area (Å²) in [5.74, 6) is 0.866. The van der Waals surface area contributed by atoms with E-state index in [2.05, 4.69) is 0 Å². The molecule has 0 spiro atoms. The summed E-state index contributed by atoms with van der Waals surface area (Å²) in [5, 5.41) is 9.75. The van der Waals surface area contributed by atoms with Crippen LogP contribution in [0, 0.1) is 0 Å². The highest BCUT2D eigenvalue weighted by Gasteiger charge is 2.09. The summed E-state index contributed by atoms with van der Waals surface area (Å²) in [6.45, 7) is 0. The molecule has 0 saturated carbocycles. The van der Waals surface area contributed by atoms with Gasteiger partial charge in [-0.1, -0.05) is 18.2 Å². The van der Waals surface area contributed by atoms with Crippen molar-refractivity contribution in [2.45, 2.75) is 0 Å². The molecule has 0 amide bonds. The van der Waals surface area contributed by atoms with Gasteiger partial charge in [0.25, 0.3) is 0 Å². The quantitative estimate of drug-likeness (QED) is 0.676. The van der Waals surface area contributed by atoms with Gasteiger partial charge >= 0.3 is 0 Å². The summed E-state index contributed by atoms with van der Waals surface area (Å²) >= 11 is 0. The largest absolute Gasteiger partial charge is 0.507 e. The highest BCUT2D eigenvalue weighted by Crippen LogP contribution is 2.24. The van der Waals surface area contributed by atoms with Crippen LogP contribution in [0.1, 0.15) is 15.9 Å². The summed E-state index contributed by atoms with van der Waals surface area (Å²) in [7, 11) is 3.09. The molecule has 0 heterocycles. The first-order chi connectivity index (χ1) is 10.1. The maximum Gasteiger partial charge on any atom is 0.189 e. The Balaban J connectivity index is 2.22. The summed E-state index contributed by atoms with van der Waals surface area (Å²) in [6.07, 6.45) is 3.08. The zero-order chi connectivity index (χ0) is 15.2. The highest BCUT2D eigenvalue weighted by atomic mass is 16.5. The van der Waals surface area contributed by atoms with Crippen molar-refractivity contribution < 1.29 is 19.4 Å². The van der Waals surface area contributed by atoms with Crippen molar-refractivity contribution >= 4 is 11.9 Å². The second-order valence-corrected chi connectivity index (χ2v) is 4.36. The van der Waals surface area contributed by atoms with Crippen molar-refractivity contribution in [3.05, 3.63) is 59.7 Å². The summed E-state index contributed by atoms with van der Waals surface area (Å²) < 4.78 is 10.2. The van der Waals surface area contributed by atoms with Crippen LogP contribution in [-0.4, -0.2) is 25.1 Å². The molecule has 21 heavy (non-hydrogen) atoms. The van der Waals surface area contributed by atoms with Crippen LogP contribution in [0.5, 0.6) is 17.2 Å². The lowest BCUT2D eigenvalue weighted by atomic mass is 10.1. The number of aromatic hydroxyl groups is 1. The first-order valence-electron chi connectivity index (χ1n) is 6.37. The molecule has 4 nitrogen and oxygen atoms in total. The van der Waals surface area contributed by atoms with E-state index in [4.69, 9.17) is 9.47 Å². The number of carbonyl (C=O) groups is 1. The maximum atomic E-state index is 12.1. The van der Waals surface area contributed by atoms with Gasteiger partial charge in [0.15, 0.2) is 5.78 Å². The van der Waals surface area contributed by atoms with Crippen molar-refractivity contribution in [2.75, 3.05) is 14.2 Å². The van der Waals surface area contributed by atoms with Crippen LogP contribution >= 0.6 is 0 Å². The molecule has 0 fully saturated rings. The smallest absolute Gasteiger partial charge is 0.189 e. The Kier molecular flexibility index (Phi) is 4.61. The number of benzene rings is 2. The molecule has 2 rings (SSSR count). The van der Waals surface area contributed by atoms with Gasteiger partial charge in [-0.3, -0.25) is 4.79 Å². The molecule has 2 aromatic rings. The third kappa shape index (κ3) is 3.63. The number of methoxy groups -OCH3 is 2. The summed E-state index contributed by atoms with van der Waals surface area (Å²) in [6, 6.07) is 11.9. The molecule has 4 heteroatoms. The van der Waals surface area contributed by atoms with E-state index in [1.54, 1.807) is 19.3 Å². The van der Waals surface area contributed by atoms with Gasteiger partial charge in [0, 0.05) is 0 Å². The fraction of sp³-hybridized carbons (Fsp3) is 0.118. The number of ketones is 1. The van der Waals surface area contributed by atoms with Gasteiger partial charge in [0.2, 0.25) is 0 Å². The number of hydrogen-bond donors (Lipinski definition) is 1. The molecule has 108 valence electrons. The van der Waals surface area contributed by atoms with E-state index >= 15 is 0 Å². The normalized spacial score (nSPS) is 10.6. The molecule has 0 atom stereocenters. The van der Waals surface area contributed by atoms with E-state index < -0.39 is 0 Å². The molecule has 0 aliphatic rings. The SMILES string of the molecule is COc1cccc(/C=C/C(=O)c2cc(OC)ccc2O)c1. The van der Waals surface area contributed by atoms with Crippen molar-refractivity contribution in [3.8, 4) is 17.2 Å². The number of phenolic OH excluding ortho intramolecular Hbond substituents is 1. The van der Waals surface area contributed by atoms with E-state index in [0.717, 1.165) is 5.56 Å². The van der Waals surface area contributed by atoms with Crippen LogP contribution in [0.3, 0.4) is 0 Å². The average Bonchev–Trinajstić information content (AvgIpc) is 2.53. The van der Waals surface area contributed by atoms with Gasteiger partial charge in [-0.05, 0) is 42.0 Å². The zero-order valence-electron chi connectivity index (χ0n) is 11.9. The molecular formula is C17H16O4. The van der Waals surface area contributed by atoms with Crippen LogP contribution in [0.15, 0.2) is 48.5 Å². The van der Waals surface area contributed by atoms with E-state index in [1.807, 2.05) is 24.3 Å². The topological polar surface area (TPSA) is 55.8 Å². The first-order valence-corrected chi connectivity index (χ1v) is 6.37. The van der Waals surface area contributed by atoms with Crippen LogP contribution in [-0.2, 0) is 0 Å². The Labute approximate surface area is 123 Å². The van der Waals surface area contributed by atoms with Crippen LogP contribution in [0.25, 0.3) is 6.08 Å². The van der Waals surface area contributed by atoms with Crippen molar-refractivity contribution in [1.29, 1.82) is 0 Å².